The van der Waals surface area contributed by atoms with Crippen molar-refractivity contribution in [2.24, 2.45) is 5.10 Å². The van der Waals surface area contributed by atoms with Crippen LogP contribution in [0.15, 0.2) is 61.7 Å². The van der Waals surface area contributed by atoms with Crippen LogP contribution in [0.4, 0.5) is 0 Å². The Kier molecular flexibility index (Phi) is 7.70. The zero-order chi connectivity index (χ0) is 19.9. The molecule has 1 heterocycles. The first-order valence-electron chi connectivity index (χ1n) is 8.80. The second kappa shape index (κ2) is 10.2. The molecule has 8 heteroatoms. The first-order chi connectivity index (χ1) is 13.6. The third-order valence-corrected chi connectivity index (χ3v) is 5.95. The van der Waals surface area contributed by atoms with Gasteiger partial charge >= 0.3 is 0 Å². The van der Waals surface area contributed by atoms with Gasteiger partial charge in [0.05, 0.1) is 13.3 Å². The number of hydrogen-bond donors (Lipinski definition) is 0. The molecule has 0 amide bonds. The van der Waals surface area contributed by atoms with Gasteiger partial charge in [0.1, 0.15) is 5.75 Å². The molecule has 3 aromatic rings. The van der Waals surface area contributed by atoms with Gasteiger partial charge in [0.2, 0.25) is 5.16 Å². The predicted octanol–water partition coefficient (Wildman–Crippen LogP) is 5.94. The van der Waals surface area contributed by atoms with Crippen LogP contribution in [0.3, 0.4) is 0 Å². The Morgan fingerprint density at radius 3 is 2.57 bits per heavy atom. The van der Waals surface area contributed by atoms with E-state index in [1.54, 1.807) is 25.1 Å². The maximum absolute atomic E-state index is 5.43. The second-order valence-electron chi connectivity index (χ2n) is 6.01. The number of benzene rings is 2. The first kappa shape index (κ1) is 21.1. The molecular weight excluding hydrogens is 504 g/mol. The van der Waals surface area contributed by atoms with Crippen molar-refractivity contribution in [3.05, 3.63) is 68.4 Å². The zero-order valence-electron chi connectivity index (χ0n) is 15.6. The molecule has 0 aliphatic heterocycles. The third kappa shape index (κ3) is 5.46. The van der Waals surface area contributed by atoms with Crippen LogP contribution < -0.4 is 4.74 Å². The van der Waals surface area contributed by atoms with Crippen LogP contribution in [0.25, 0.3) is 0 Å². The Morgan fingerprint density at radius 2 is 1.86 bits per heavy atom. The lowest BCUT2D eigenvalue weighted by Gasteiger charge is -2.06. The summed E-state index contributed by atoms with van der Waals surface area (Å²) in [5.41, 5.74) is 2.11. The fourth-order valence-electron chi connectivity index (χ4n) is 2.54. The van der Waals surface area contributed by atoms with Gasteiger partial charge in [-0.3, -0.25) is 0 Å². The molecule has 1 aromatic heterocycles. The van der Waals surface area contributed by atoms with Crippen molar-refractivity contribution < 1.29 is 4.74 Å². The minimum atomic E-state index is 0.765. The highest BCUT2D eigenvalue weighted by molar-refractivity contribution is 9.10. The normalized spacial score (nSPS) is 11.3. The fraction of sp³-hybridized carbons (Fsp3) is 0.250. The molecule has 0 aliphatic rings. The van der Waals surface area contributed by atoms with Crippen molar-refractivity contribution in [2.75, 3.05) is 7.11 Å². The lowest BCUT2D eigenvalue weighted by molar-refractivity contribution is 0.414. The molecule has 3 rings (SSSR count). The molecule has 146 valence electrons. The lowest BCUT2D eigenvalue weighted by atomic mass is 10.2. The van der Waals surface area contributed by atoms with E-state index in [-0.39, 0.29) is 0 Å². The van der Waals surface area contributed by atoms with E-state index in [9.17, 15) is 0 Å². The van der Waals surface area contributed by atoms with Gasteiger partial charge in [-0.2, -0.15) is 9.78 Å². The highest BCUT2D eigenvalue weighted by Gasteiger charge is 2.12. The van der Waals surface area contributed by atoms with E-state index in [0.29, 0.717) is 0 Å². The molecule has 2 aromatic carbocycles. The van der Waals surface area contributed by atoms with Crippen molar-refractivity contribution >= 4 is 49.8 Å². The molecule has 0 unspecified atom stereocenters. The number of ether oxygens (including phenoxy) is 1. The largest absolute Gasteiger partial charge is 0.496 e. The number of halogens is 2. The smallest absolute Gasteiger partial charge is 0.212 e. The minimum absolute atomic E-state index is 0.765. The number of aryl methyl sites for hydroxylation is 1. The highest BCUT2D eigenvalue weighted by Crippen LogP contribution is 2.25. The van der Waals surface area contributed by atoms with Crippen LogP contribution in [0.1, 0.15) is 30.3 Å². The highest BCUT2D eigenvalue weighted by atomic mass is 79.9. The number of nitrogens with zero attached hydrogens (tertiary/aromatic N) is 4. The topological polar surface area (TPSA) is 52.3 Å². The van der Waals surface area contributed by atoms with E-state index >= 15 is 0 Å². The maximum Gasteiger partial charge on any atom is 0.212 e. The van der Waals surface area contributed by atoms with Crippen LogP contribution in [0.2, 0.25) is 0 Å². The second-order valence-corrected chi connectivity index (χ2v) is 8.78. The van der Waals surface area contributed by atoms with E-state index in [4.69, 9.17) is 4.74 Å². The van der Waals surface area contributed by atoms with Gasteiger partial charge in [-0.1, -0.05) is 62.7 Å². The summed E-state index contributed by atoms with van der Waals surface area (Å²) in [6, 6.07) is 14.1. The van der Waals surface area contributed by atoms with E-state index in [0.717, 1.165) is 49.8 Å². The summed E-state index contributed by atoms with van der Waals surface area (Å²) >= 11 is 8.59. The summed E-state index contributed by atoms with van der Waals surface area (Å²) in [4.78, 5) is 0. The van der Waals surface area contributed by atoms with Gasteiger partial charge in [0.15, 0.2) is 5.82 Å². The average Bonchev–Trinajstić information content (AvgIpc) is 3.08. The molecule has 0 N–H and O–H groups in total. The van der Waals surface area contributed by atoms with Crippen molar-refractivity contribution in [2.45, 2.75) is 30.7 Å². The summed E-state index contributed by atoms with van der Waals surface area (Å²) in [6.07, 6.45) is 3.58. The van der Waals surface area contributed by atoms with Crippen molar-refractivity contribution in [3.8, 4) is 5.75 Å². The molecule has 0 spiro atoms. The third-order valence-electron chi connectivity index (χ3n) is 3.94. The Bertz CT molecular complexity index is 957. The molecule has 0 saturated carbocycles. The maximum atomic E-state index is 5.43. The van der Waals surface area contributed by atoms with Gasteiger partial charge in [-0.05, 0) is 42.3 Å². The van der Waals surface area contributed by atoms with E-state index in [1.165, 1.54) is 5.56 Å². The summed E-state index contributed by atoms with van der Waals surface area (Å²) < 4.78 is 9.30. The number of hydrogen-bond acceptors (Lipinski definition) is 5. The van der Waals surface area contributed by atoms with Crippen LogP contribution in [-0.2, 0) is 12.2 Å². The van der Waals surface area contributed by atoms with E-state index in [1.807, 2.05) is 35.0 Å². The Balaban J connectivity index is 1.85. The van der Waals surface area contributed by atoms with Crippen molar-refractivity contribution in [3.63, 3.8) is 0 Å². The Morgan fingerprint density at radius 1 is 1.11 bits per heavy atom. The average molecular weight is 524 g/mol. The summed E-state index contributed by atoms with van der Waals surface area (Å²) in [5, 5.41) is 14.1. The van der Waals surface area contributed by atoms with Crippen LogP contribution >= 0.6 is 43.6 Å². The van der Waals surface area contributed by atoms with Crippen LogP contribution in [0.5, 0.6) is 5.75 Å². The van der Waals surface area contributed by atoms with Crippen LogP contribution in [0, 0.1) is 0 Å². The van der Waals surface area contributed by atoms with Gasteiger partial charge in [-0.15, -0.1) is 10.2 Å². The quantitative estimate of drug-likeness (QED) is 0.271. The van der Waals surface area contributed by atoms with E-state index < -0.39 is 0 Å². The minimum Gasteiger partial charge on any atom is -0.496 e. The first-order valence-corrected chi connectivity index (χ1v) is 11.4. The fourth-order valence-corrected chi connectivity index (χ4v) is 4.04. The predicted molar refractivity (Wildman–Crippen MR) is 121 cm³/mol. The molecular formula is C20H20Br2N4OS. The van der Waals surface area contributed by atoms with Gasteiger partial charge in [0, 0.05) is 26.7 Å². The van der Waals surface area contributed by atoms with Gasteiger partial charge in [0.25, 0.3) is 0 Å². The molecule has 0 fully saturated rings. The Labute approximate surface area is 185 Å². The standard InChI is InChI=1S/C20H20Br2N4OS/c1-3-4-19-24-25-20(28-13-14-5-7-16(21)8-6-14)26(19)23-12-15-11-17(22)9-10-18(15)27-2/h5-12H,3-4,13H2,1-2H3/b23-12+. The number of thioether (sulfide) groups is 1. The molecule has 0 saturated heterocycles. The van der Waals surface area contributed by atoms with Crippen molar-refractivity contribution in [1.29, 1.82) is 0 Å². The Hall–Kier alpha value is -1.64. The van der Waals surface area contributed by atoms with Crippen molar-refractivity contribution in [1.82, 2.24) is 14.9 Å². The zero-order valence-corrected chi connectivity index (χ0v) is 19.6. The van der Waals surface area contributed by atoms with Gasteiger partial charge in [-0.25, -0.2) is 0 Å². The molecule has 5 nitrogen and oxygen atoms in total. The molecule has 0 atom stereocenters. The monoisotopic (exact) mass is 522 g/mol. The van der Waals surface area contributed by atoms with Crippen LogP contribution in [-0.4, -0.2) is 28.2 Å². The molecule has 0 bridgehead atoms. The number of aromatic nitrogens is 3. The molecule has 0 radical (unpaired) electrons. The number of rotatable bonds is 8. The van der Waals surface area contributed by atoms with Gasteiger partial charge < -0.3 is 4.74 Å². The summed E-state index contributed by atoms with van der Waals surface area (Å²) in [6.45, 7) is 2.12. The molecule has 0 aliphatic carbocycles. The number of methoxy groups -OCH3 is 1. The summed E-state index contributed by atoms with van der Waals surface area (Å²) in [5.74, 6) is 2.42. The SMILES string of the molecule is CCCc1nnc(SCc2ccc(Br)cc2)n1/N=C/c1cc(Br)ccc1OC. The van der Waals surface area contributed by atoms with E-state index in [2.05, 4.69) is 66.2 Å². The molecule has 28 heavy (non-hydrogen) atoms. The lowest BCUT2D eigenvalue weighted by Crippen LogP contribution is -2.01. The summed E-state index contributed by atoms with van der Waals surface area (Å²) in [7, 11) is 1.65.